The van der Waals surface area contributed by atoms with Crippen LogP contribution in [-0.2, 0) is 17.6 Å². The lowest BCUT2D eigenvalue weighted by Gasteiger charge is -2.06. The van der Waals surface area contributed by atoms with Crippen LogP contribution in [-0.4, -0.2) is 10.9 Å². The van der Waals surface area contributed by atoms with Crippen molar-refractivity contribution >= 4 is 28.5 Å². The van der Waals surface area contributed by atoms with Crippen LogP contribution in [0.3, 0.4) is 0 Å². The fourth-order valence-corrected chi connectivity index (χ4v) is 3.34. The molecule has 0 saturated carbocycles. The van der Waals surface area contributed by atoms with Gasteiger partial charge in [-0.3, -0.25) is 10.1 Å². The van der Waals surface area contributed by atoms with Crippen LogP contribution in [0.1, 0.15) is 29.0 Å². The molecule has 0 bridgehead atoms. The summed E-state index contributed by atoms with van der Waals surface area (Å²) >= 11 is 1.61. The van der Waals surface area contributed by atoms with E-state index in [1.165, 1.54) is 23.4 Å². The summed E-state index contributed by atoms with van der Waals surface area (Å²) in [6, 6.07) is 9.79. The Bertz CT molecular complexity index is 608. The minimum Gasteiger partial charge on any atom is -0.298 e. The Kier molecular flexibility index (Phi) is 3.92. The number of fused-ring (bicyclic) bond motifs is 1. The summed E-state index contributed by atoms with van der Waals surface area (Å²) in [5, 5.41) is 3.57. The quantitative estimate of drug-likeness (QED) is 0.874. The molecule has 3 nitrogen and oxygen atoms in total. The van der Waals surface area contributed by atoms with Gasteiger partial charge in [0.1, 0.15) is 0 Å². The maximum Gasteiger partial charge on any atom is 0.250 e. The highest BCUT2D eigenvalue weighted by Crippen LogP contribution is 2.29. The Morgan fingerprint density at radius 2 is 2.00 bits per heavy atom. The van der Waals surface area contributed by atoms with Gasteiger partial charge >= 0.3 is 0 Å². The van der Waals surface area contributed by atoms with Gasteiger partial charge in [-0.15, -0.1) is 11.3 Å². The van der Waals surface area contributed by atoms with E-state index in [1.54, 1.807) is 17.4 Å². The molecule has 0 radical (unpaired) electrons. The summed E-state index contributed by atoms with van der Waals surface area (Å²) in [5.41, 5.74) is 2.18. The second-order valence-corrected chi connectivity index (χ2v) is 5.91. The lowest BCUT2D eigenvalue weighted by Crippen LogP contribution is -2.07. The molecular weight excluding hydrogens is 268 g/mol. The molecule has 1 heterocycles. The van der Waals surface area contributed by atoms with Gasteiger partial charge in [-0.25, -0.2) is 4.98 Å². The SMILES string of the molecule is O=C(/C=C/c1ccccc1)Nc1nc2c(s1)CCCC2. The molecular formula is C16H16N2OS. The van der Waals surface area contributed by atoms with Gasteiger partial charge in [0.25, 0.3) is 0 Å². The average molecular weight is 284 g/mol. The van der Waals surface area contributed by atoms with Gasteiger partial charge < -0.3 is 0 Å². The zero-order chi connectivity index (χ0) is 13.8. The van der Waals surface area contributed by atoms with Gasteiger partial charge in [0.15, 0.2) is 5.13 Å². The van der Waals surface area contributed by atoms with Gasteiger partial charge in [0.05, 0.1) is 5.69 Å². The average Bonchev–Trinajstić information content (AvgIpc) is 2.88. The minimum absolute atomic E-state index is 0.125. The topological polar surface area (TPSA) is 42.0 Å². The molecule has 4 heteroatoms. The lowest BCUT2D eigenvalue weighted by atomic mass is 10.0. The van der Waals surface area contributed by atoms with Gasteiger partial charge in [0, 0.05) is 11.0 Å². The molecule has 102 valence electrons. The summed E-state index contributed by atoms with van der Waals surface area (Å²) in [6.07, 6.45) is 7.94. The number of nitrogens with zero attached hydrogens (tertiary/aromatic N) is 1. The van der Waals surface area contributed by atoms with Crippen LogP contribution >= 0.6 is 11.3 Å². The monoisotopic (exact) mass is 284 g/mol. The number of benzene rings is 1. The number of aromatic nitrogens is 1. The first-order chi connectivity index (χ1) is 9.81. The molecule has 1 aliphatic rings. The number of rotatable bonds is 3. The van der Waals surface area contributed by atoms with Crippen molar-refractivity contribution in [3.8, 4) is 0 Å². The number of carbonyl (C=O) groups excluding carboxylic acids is 1. The van der Waals surface area contributed by atoms with E-state index in [0.29, 0.717) is 0 Å². The molecule has 1 aliphatic carbocycles. The highest BCUT2D eigenvalue weighted by molar-refractivity contribution is 7.15. The molecule has 3 rings (SSSR count). The molecule has 0 saturated heterocycles. The molecule has 1 N–H and O–H groups in total. The third-order valence-electron chi connectivity index (χ3n) is 3.30. The van der Waals surface area contributed by atoms with Crippen LogP contribution in [0.5, 0.6) is 0 Å². The molecule has 0 aliphatic heterocycles. The smallest absolute Gasteiger partial charge is 0.250 e. The van der Waals surface area contributed by atoms with Crippen LogP contribution in [0, 0.1) is 0 Å². The Balaban J connectivity index is 1.64. The molecule has 1 amide bonds. The van der Waals surface area contributed by atoms with Crippen molar-refractivity contribution in [2.45, 2.75) is 25.7 Å². The van der Waals surface area contributed by atoms with Gasteiger partial charge in [-0.05, 0) is 37.3 Å². The molecule has 0 atom stereocenters. The Morgan fingerprint density at radius 3 is 2.80 bits per heavy atom. The van der Waals surface area contributed by atoms with Crippen LogP contribution < -0.4 is 5.32 Å². The largest absolute Gasteiger partial charge is 0.298 e. The van der Waals surface area contributed by atoms with Crippen molar-refractivity contribution < 1.29 is 4.79 Å². The first kappa shape index (κ1) is 13.1. The van der Waals surface area contributed by atoms with Crippen molar-refractivity contribution in [3.63, 3.8) is 0 Å². The third kappa shape index (κ3) is 3.14. The molecule has 1 aromatic carbocycles. The van der Waals surface area contributed by atoms with E-state index in [4.69, 9.17) is 0 Å². The summed E-state index contributed by atoms with van der Waals surface area (Å²) in [7, 11) is 0. The summed E-state index contributed by atoms with van der Waals surface area (Å²) in [4.78, 5) is 17.7. The highest BCUT2D eigenvalue weighted by atomic mass is 32.1. The summed E-state index contributed by atoms with van der Waals surface area (Å²) in [5.74, 6) is -0.125. The molecule has 0 unspecified atom stereocenters. The molecule has 0 fully saturated rings. The first-order valence-corrected chi connectivity index (χ1v) is 7.65. The van der Waals surface area contributed by atoms with Crippen LogP contribution in [0.4, 0.5) is 5.13 Å². The zero-order valence-electron chi connectivity index (χ0n) is 11.1. The fraction of sp³-hybridized carbons (Fsp3) is 0.250. The van der Waals surface area contributed by atoms with Crippen molar-refractivity contribution in [1.82, 2.24) is 4.98 Å². The minimum atomic E-state index is -0.125. The Hall–Kier alpha value is -1.94. The van der Waals surface area contributed by atoms with E-state index < -0.39 is 0 Å². The molecule has 20 heavy (non-hydrogen) atoms. The van der Waals surface area contributed by atoms with Crippen molar-refractivity contribution in [3.05, 3.63) is 52.5 Å². The number of thiazole rings is 1. The van der Waals surface area contributed by atoms with Crippen LogP contribution in [0.2, 0.25) is 0 Å². The summed E-state index contributed by atoms with van der Waals surface area (Å²) < 4.78 is 0. The van der Waals surface area contributed by atoms with E-state index in [0.717, 1.165) is 23.5 Å². The normalized spacial score (nSPS) is 14.2. The van der Waals surface area contributed by atoms with Gasteiger partial charge in [-0.2, -0.15) is 0 Å². The van der Waals surface area contributed by atoms with Crippen molar-refractivity contribution in [1.29, 1.82) is 0 Å². The first-order valence-electron chi connectivity index (χ1n) is 6.84. The van der Waals surface area contributed by atoms with Gasteiger partial charge in [-0.1, -0.05) is 30.3 Å². The highest BCUT2D eigenvalue weighted by Gasteiger charge is 2.15. The van der Waals surface area contributed by atoms with Crippen LogP contribution in [0.15, 0.2) is 36.4 Å². The Morgan fingerprint density at radius 1 is 1.20 bits per heavy atom. The maximum absolute atomic E-state index is 11.9. The second kappa shape index (κ2) is 6.01. The summed E-state index contributed by atoms with van der Waals surface area (Å²) in [6.45, 7) is 0. The molecule has 2 aromatic rings. The third-order valence-corrected chi connectivity index (χ3v) is 4.38. The maximum atomic E-state index is 11.9. The number of hydrogen-bond donors (Lipinski definition) is 1. The number of hydrogen-bond acceptors (Lipinski definition) is 3. The number of nitrogens with one attached hydrogen (secondary N) is 1. The van der Waals surface area contributed by atoms with E-state index >= 15 is 0 Å². The number of carbonyl (C=O) groups is 1. The number of anilines is 1. The lowest BCUT2D eigenvalue weighted by molar-refractivity contribution is -0.111. The van der Waals surface area contributed by atoms with E-state index in [9.17, 15) is 4.79 Å². The second-order valence-electron chi connectivity index (χ2n) is 4.83. The van der Waals surface area contributed by atoms with E-state index in [2.05, 4.69) is 10.3 Å². The van der Waals surface area contributed by atoms with Crippen LogP contribution in [0.25, 0.3) is 6.08 Å². The van der Waals surface area contributed by atoms with E-state index in [-0.39, 0.29) is 5.91 Å². The molecule has 1 aromatic heterocycles. The fourth-order valence-electron chi connectivity index (χ4n) is 2.29. The predicted molar refractivity (Wildman–Crippen MR) is 82.9 cm³/mol. The van der Waals surface area contributed by atoms with Crippen molar-refractivity contribution in [2.24, 2.45) is 0 Å². The van der Waals surface area contributed by atoms with E-state index in [1.807, 2.05) is 36.4 Å². The zero-order valence-corrected chi connectivity index (χ0v) is 12.0. The van der Waals surface area contributed by atoms with Crippen molar-refractivity contribution in [2.75, 3.05) is 5.32 Å². The molecule has 0 spiro atoms. The number of amides is 1. The Labute approximate surface area is 122 Å². The van der Waals surface area contributed by atoms with Gasteiger partial charge in [0.2, 0.25) is 5.91 Å². The predicted octanol–water partition coefficient (Wildman–Crippen LogP) is 3.67. The number of aryl methyl sites for hydroxylation is 2. The standard InChI is InChI=1S/C16H16N2OS/c19-15(11-10-12-6-2-1-3-7-12)18-16-17-13-8-4-5-9-14(13)20-16/h1-3,6-7,10-11H,4-5,8-9H2,(H,17,18,19)/b11-10+.